The molecule has 3 amide bonds. The van der Waals surface area contributed by atoms with E-state index < -0.39 is 11.8 Å². The van der Waals surface area contributed by atoms with Gasteiger partial charge in [-0.3, -0.25) is 24.6 Å². The Bertz CT molecular complexity index is 1610. The van der Waals surface area contributed by atoms with Gasteiger partial charge >= 0.3 is 0 Å². The highest BCUT2D eigenvalue weighted by atomic mass is 79.9. The van der Waals surface area contributed by atoms with Crippen LogP contribution in [0.25, 0.3) is 17.0 Å². The lowest BCUT2D eigenvalue weighted by Crippen LogP contribution is -2.54. The first kappa shape index (κ1) is 24.6. The van der Waals surface area contributed by atoms with Crippen molar-refractivity contribution in [1.29, 1.82) is 0 Å². The Morgan fingerprint density at radius 3 is 2.54 bits per heavy atom. The smallest absolute Gasteiger partial charge is 0.270 e. The van der Waals surface area contributed by atoms with Crippen molar-refractivity contribution < 1.29 is 14.4 Å². The molecule has 2 heterocycles. The zero-order valence-electron chi connectivity index (χ0n) is 19.7. The number of halogens is 1. The van der Waals surface area contributed by atoms with Crippen molar-refractivity contribution in [2.45, 2.75) is 13.5 Å². The van der Waals surface area contributed by atoms with Crippen LogP contribution in [0.4, 0.5) is 11.4 Å². The van der Waals surface area contributed by atoms with Crippen LogP contribution in [0.15, 0.2) is 89.0 Å². The highest BCUT2D eigenvalue weighted by molar-refractivity contribution is 9.10. The van der Waals surface area contributed by atoms with Gasteiger partial charge < -0.3 is 9.88 Å². The molecule has 1 fully saturated rings. The molecule has 0 aliphatic carbocycles. The summed E-state index contributed by atoms with van der Waals surface area (Å²) < 4.78 is 2.67. The number of hydrogen-bond acceptors (Lipinski definition) is 4. The van der Waals surface area contributed by atoms with Crippen LogP contribution in [-0.2, 0) is 20.9 Å². The van der Waals surface area contributed by atoms with Crippen LogP contribution in [0.3, 0.4) is 0 Å². The second kappa shape index (κ2) is 10.1. The van der Waals surface area contributed by atoms with E-state index in [1.54, 1.807) is 22.9 Å². The number of rotatable bonds is 5. The molecule has 0 radical (unpaired) electrons. The number of carbonyl (C=O) groups is 3. The van der Waals surface area contributed by atoms with Crippen LogP contribution in [0.2, 0.25) is 0 Å². The van der Waals surface area contributed by atoms with Gasteiger partial charge in [-0.25, -0.2) is 0 Å². The summed E-state index contributed by atoms with van der Waals surface area (Å²) in [6.45, 7) is 1.93. The number of amides is 3. The molecular formula is C28H21BrN4O3S. The lowest BCUT2D eigenvalue weighted by atomic mass is 10.1. The number of hydrogen-bond donors (Lipinski definition) is 2. The predicted octanol–water partition coefficient (Wildman–Crippen LogP) is 5.18. The maximum Gasteiger partial charge on any atom is 0.270 e. The first-order chi connectivity index (χ1) is 17.8. The Labute approximate surface area is 226 Å². The maximum atomic E-state index is 13.5. The average Bonchev–Trinajstić information content (AvgIpc) is 3.20. The molecule has 0 atom stereocenters. The quantitative estimate of drug-likeness (QED) is 0.196. The summed E-state index contributed by atoms with van der Waals surface area (Å²) in [5.41, 5.74) is 3.51. The summed E-state index contributed by atoms with van der Waals surface area (Å²) in [6, 6.07) is 22.2. The predicted molar refractivity (Wildman–Crippen MR) is 152 cm³/mol. The van der Waals surface area contributed by atoms with Crippen LogP contribution in [-0.4, -0.2) is 27.4 Å². The fraction of sp³-hybridized carbons (Fsp3) is 0.0714. The van der Waals surface area contributed by atoms with E-state index in [9.17, 15) is 14.4 Å². The Hall–Kier alpha value is -4.08. The lowest BCUT2D eigenvalue weighted by Gasteiger charge is -2.30. The molecule has 2 N–H and O–H groups in total. The lowest BCUT2D eigenvalue weighted by molar-refractivity contribution is -0.122. The SMILES string of the molecule is Cc1cc(Br)ccc1N1C(=O)/C(=C\c2cn(CC(=O)Nc3ccccc3)c3ccccc23)C(=O)NC1=S. The van der Waals surface area contributed by atoms with E-state index in [0.29, 0.717) is 16.9 Å². The number of benzene rings is 3. The highest BCUT2D eigenvalue weighted by Gasteiger charge is 2.35. The minimum atomic E-state index is -0.570. The van der Waals surface area contributed by atoms with Crippen molar-refractivity contribution in [3.8, 4) is 0 Å². The summed E-state index contributed by atoms with van der Waals surface area (Å²) in [5, 5.41) is 6.35. The number of para-hydroxylation sites is 2. The Kier molecular flexibility index (Phi) is 6.73. The molecule has 9 heteroatoms. The second-order valence-electron chi connectivity index (χ2n) is 8.53. The van der Waals surface area contributed by atoms with E-state index in [1.807, 2.05) is 73.7 Å². The van der Waals surface area contributed by atoms with Crippen LogP contribution >= 0.6 is 28.1 Å². The number of nitrogens with zero attached hydrogens (tertiary/aromatic N) is 2. The Balaban J connectivity index is 1.50. The third kappa shape index (κ3) is 4.96. The first-order valence-corrected chi connectivity index (χ1v) is 12.6. The van der Waals surface area contributed by atoms with E-state index in [2.05, 4.69) is 26.6 Å². The van der Waals surface area contributed by atoms with Crippen molar-refractivity contribution in [1.82, 2.24) is 9.88 Å². The third-order valence-corrected chi connectivity index (χ3v) is 6.77. The number of anilines is 2. The molecule has 0 saturated carbocycles. The van der Waals surface area contributed by atoms with Crippen LogP contribution in [0.1, 0.15) is 11.1 Å². The molecule has 0 spiro atoms. The fourth-order valence-corrected chi connectivity index (χ4v) is 5.05. The number of thiocarbonyl (C=S) groups is 1. The van der Waals surface area contributed by atoms with Crippen LogP contribution in [0.5, 0.6) is 0 Å². The molecule has 0 unspecified atom stereocenters. The zero-order chi connectivity index (χ0) is 26.1. The Morgan fingerprint density at radius 2 is 1.78 bits per heavy atom. The molecule has 1 aromatic heterocycles. The molecule has 1 aliphatic heterocycles. The summed E-state index contributed by atoms with van der Waals surface area (Å²) in [6.07, 6.45) is 3.32. The minimum absolute atomic E-state index is 0.0255. The summed E-state index contributed by atoms with van der Waals surface area (Å²) in [5.74, 6) is -1.28. The van der Waals surface area contributed by atoms with Crippen molar-refractivity contribution in [2.24, 2.45) is 0 Å². The van der Waals surface area contributed by atoms with Gasteiger partial charge in [-0.2, -0.15) is 0 Å². The summed E-state index contributed by atoms with van der Waals surface area (Å²) >= 11 is 8.77. The standard InChI is InChI=1S/C28H21BrN4O3S/c1-17-13-19(29)11-12-23(17)33-27(36)22(26(35)31-28(33)37)14-18-15-32(24-10-6-5-9-21(18)24)16-25(34)30-20-7-3-2-4-8-20/h2-15H,16H2,1H3,(H,30,34)(H,31,35,37)/b22-14-. The number of fused-ring (bicyclic) bond motifs is 1. The van der Waals surface area contributed by atoms with Gasteiger partial charge in [-0.1, -0.05) is 52.3 Å². The molecule has 184 valence electrons. The third-order valence-electron chi connectivity index (χ3n) is 5.99. The molecule has 3 aromatic carbocycles. The first-order valence-electron chi connectivity index (χ1n) is 11.4. The fourth-order valence-electron chi connectivity index (χ4n) is 4.30. The number of aryl methyl sites for hydroxylation is 1. The van der Waals surface area contributed by atoms with E-state index in [1.165, 1.54) is 4.90 Å². The van der Waals surface area contributed by atoms with Gasteiger partial charge in [0.25, 0.3) is 11.8 Å². The van der Waals surface area contributed by atoms with Crippen molar-refractivity contribution in [2.75, 3.05) is 10.2 Å². The maximum absolute atomic E-state index is 13.5. The van der Waals surface area contributed by atoms with Gasteiger partial charge in [-0.05, 0) is 67.2 Å². The van der Waals surface area contributed by atoms with Gasteiger partial charge in [0.15, 0.2) is 5.11 Å². The molecule has 37 heavy (non-hydrogen) atoms. The van der Waals surface area contributed by atoms with Crippen molar-refractivity contribution in [3.05, 3.63) is 100 Å². The monoisotopic (exact) mass is 572 g/mol. The molecule has 0 bridgehead atoms. The topological polar surface area (TPSA) is 83.4 Å². The molecule has 5 rings (SSSR count). The molecule has 1 aliphatic rings. The molecule has 7 nitrogen and oxygen atoms in total. The molecular weight excluding hydrogens is 552 g/mol. The second-order valence-corrected chi connectivity index (χ2v) is 9.83. The van der Waals surface area contributed by atoms with E-state index >= 15 is 0 Å². The van der Waals surface area contributed by atoms with E-state index in [-0.39, 0.29) is 23.1 Å². The summed E-state index contributed by atoms with van der Waals surface area (Å²) in [4.78, 5) is 40.5. The van der Waals surface area contributed by atoms with E-state index in [0.717, 1.165) is 20.9 Å². The van der Waals surface area contributed by atoms with Gasteiger partial charge in [0.1, 0.15) is 12.1 Å². The van der Waals surface area contributed by atoms with Gasteiger partial charge in [0.05, 0.1) is 5.69 Å². The molecule has 4 aromatic rings. The van der Waals surface area contributed by atoms with Crippen molar-refractivity contribution >= 4 is 79.3 Å². The average molecular weight is 573 g/mol. The van der Waals surface area contributed by atoms with Crippen LogP contribution in [0, 0.1) is 6.92 Å². The summed E-state index contributed by atoms with van der Waals surface area (Å²) in [7, 11) is 0. The highest BCUT2D eigenvalue weighted by Crippen LogP contribution is 2.29. The molecule has 1 saturated heterocycles. The van der Waals surface area contributed by atoms with Gasteiger partial charge in [0.2, 0.25) is 5.91 Å². The van der Waals surface area contributed by atoms with Gasteiger partial charge in [0, 0.05) is 32.8 Å². The van der Waals surface area contributed by atoms with Crippen LogP contribution < -0.4 is 15.5 Å². The number of aromatic nitrogens is 1. The van der Waals surface area contributed by atoms with E-state index in [4.69, 9.17) is 12.2 Å². The van der Waals surface area contributed by atoms with Crippen molar-refractivity contribution in [3.63, 3.8) is 0 Å². The largest absolute Gasteiger partial charge is 0.337 e. The minimum Gasteiger partial charge on any atom is -0.337 e. The number of carbonyl (C=O) groups excluding carboxylic acids is 3. The number of nitrogens with one attached hydrogen (secondary N) is 2. The van der Waals surface area contributed by atoms with Gasteiger partial charge in [-0.15, -0.1) is 0 Å². The normalized spacial score (nSPS) is 14.8. The Morgan fingerprint density at radius 1 is 1.05 bits per heavy atom. The zero-order valence-corrected chi connectivity index (χ0v) is 22.1.